The van der Waals surface area contributed by atoms with E-state index in [1.165, 1.54) is 13.0 Å². The lowest BCUT2D eigenvalue weighted by Crippen LogP contribution is -2.45. The van der Waals surface area contributed by atoms with Crippen molar-refractivity contribution in [2.45, 2.75) is 32.5 Å². The van der Waals surface area contributed by atoms with Gasteiger partial charge in [0.2, 0.25) is 5.88 Å². The van der Waals surface area contributed by atoms with Crippen LogP contribution in [0.25, 0.3) is 5.57 Å². The van der Waals surface area contributed by atoms with Gasteiger partial charge in [0.25, 0.3) is 0 Å². The highest BCUT2D eigenvalue weighted by atomic mass is 19.1. The molecule has 0 saturated carbocycles. The normalized spacial score (nSPS) is 17.1. The number of carbonyl (C=O) groups is 2. The Morgan fingerprint density at radius 2 is 1.93 bits per heavy atom. The van der Waals surface area contributed by atoms with Crippen LogP contribution in [0.5, 0.6) is 5.88 Å². The van der Waals surface area contributed by atoms with Crippen LogP contribution in [0.15, 0.2) is 71.7 Å². The zero-order valence-corrected chi connectivity index (χ0v) is 24.3. The summed E-state index contributed by atoms with van der Waals surface area (Å²) in [4.78, 5) is 36.7. The number of ketones is 1. The van der Waals surface area contributed by atoms with Crippen LogP contribution in [0, 0.1) is 5.82 Å². The Hall–Kier alpha value is -4.41. The average molecular weight is 587 g/mol. The van der Waals surface area contributed by atoms with Gasteiger partial charge in [-0.1, -0.05) is 24.3 Å². The van der Waals surface area contributed by atoms with Crippen LogP contribution in [0.3, 0.4) is 0 Å². The third kappa shape index (κ3) is 7.91. The van der Waals surface area contributed by atoms with E-state index in [0.717, 1.165) is 49.6 Å². The van der Waals surface area contributed by atoms with Crippen LogP contribution in [0.1, 0.15) is 51.7 Å². The number of carboxylic acid groups (broad SMARTS) is 1. The largest absolute Gasteiger partial charge is 0.478 e. The van der Waals surface area contributed by atoms with Crippen molar-refractivity contribution >= 4 is 28.8 Å². The monoisotopic (exact) mass is 586 g/mol. The van der Waals surface area contributed by atoms with Crippen LogP contribution in [-0.4, -0.2) is 83.4 Å². The lowest BCUT2D eigenvalue weighted by atomic mass is 10.0. The number of amidine groups is 1. The van der Waals surface area contributed by atoms with Gasteiger partial charge >= 0.3 is 5.97 Å². The molecule has 3 heterocycles. The first-order valence-corrected chi connectivity index (χ1v) is 14.3. The highest BCUT2D eigenvalue weighted by molar-refractivity contribution is 5.94. The van der Waals surface area contributed by atoms with Gasteiger partial charge in [0.15, 0.2) is 5.78 Å². The third-order valence-electron chi connectivity index (χ3n) is 7.63. The average Bonchev–Trinajstić information content (AvgIpc) is 2.98. The van der Waals surface area contributed by atoms with Crippen LogP contribution >= 0.6 is 0 Å². The molecule has 1 saturated heterocycles. The molecule has 1 aromatic heterocycles. The number of rotatable bonds is 11. The third-order valence-corrected chi connectivity index (χ3v) is 7.63. The van der Waals surface area contributed by atoms with Crippen molar-refractivity contribution in [1.29, 1.82) is 0 Å². The molecule has 224 valence electrons. The first-order chi connectivity index (χ1) is 20.7. The molecule has 1 N–H and O–H groups in total. The summed E-state index contributed by atoms with van der Waals surface area (Å²) >= 11 is 0. The van der Waals surface area contributed by atoms with Crippen LogP contribution in [0.4, 0.5) is 10.1 Å². The number of ether oxygens (including phenoxy) is 2. The fourth-order valence-corrected chi connectivity index (χ4v) is 4.90. The minimum Gasteiger partial charge on any atom is -0.478 e. The van der Waals surface area contributed by atoms with Gasteiger partial charge in [-0.15, -0.1) is 0 Å². The van der Waals surface area contributed by atoms with Crippen LogP contribution in [-0.2, 0) is 11.3 Å². The molecular formula is C33H35FN4O5. The lowest BCUT2D eigenvalue weighted by molar-refractivity contribution is -0.0571. The minimum absolute atomic E-state index is 0.00780. The Morgan fingerprint density at radius 1 is 1.16 bits per heavy atom. The van der Waals surface area contributed by atoms with Crippen molar-refractivity contribution in [3.63, 3.8) is 0 Å². The molecule has 1 fully saturated rings. The van der Waals surface area contributed by atoms with Crippen molar-refractivity contribution < 1.29 is 28.6 Å². The summed E-state index contributed by atoms with van der Waals surface area (Å²) in [6.07, 6.45) is 4.16. The van der Waals surface area contributed by atoms with Crippen LogP contribution < -0.4 is 4.74 Å². The molecule has 0 aliphatic carbocycles. The van der Waals surface area contributed by atoms with E-state index in [4.69, 9.17) is 14.5 Å². The number of likely N-dealkylation sites (N-methyl/N-ethyl adjacent to an activating group) is 1. The maximum atomic E-state index is 14.4. The first-order valence-electron chi connectivity index (χ1n) is 14.3. The second-order valence-electron chi connectivity index (χ2n) is 10.8. The van der Waals surface area contributed by atoms with Gasteiger partial charge in [0.05, 0.1) is 29.6 Å². The molecule has 0 bridgehead atoms. The van der Waals surface area contributed by atoms with Gasteiger partial charge in [0.1, 0.15) is 18.3 Å². The zero-order chi connectivity index (χ0) is 30.3. The van der Waals surface area contributed by atoms with E-state index < -0.39 is 11.8 Å². The molecular weight excluding hydrogens is 551 g/mol. The van der Waals surface area contributed by atoms with E-state index in [1.807, 2.05) is 19.2 Å². The number of hydrogen-bond acceptors (Lipinski definition) is 7. The number of carbonyl (C=O) groups excluding carboxylic acids is 1. The number of aliphatic imine (C=N–C) groups is 1. The van der Waals surface area contributed by atoms with E-state index in [9.17, 15) is 19.1 Å². The smallest absolute Gasteiger partial charge is 0.335 e. The van der Waals surface area contributed by atoms with Crippen molar-refractivity contribution in [2.24, 2.45) is 4.99 Å². The number of benzene rings is 2. The van der Waals surface area contributed by atoms with E-state index in [2.05, 4.69) is 20.9 Å². The Kier molecular flexibility index (Phi) is 9.58. The molecule has 2 aliphatic heterocycles. The zero-order valence-electron chi connectivity index (χ0n) is 24.3. The number of aromatic nitrogens is 1. The molecule has 43 heavy (non-hydrogen) atoms. The van der Waals surface area contributed by atoms with Gasteiger partial charge in [-0.2, -0.15) is 0 Å². The second-order valence-corrected chi connectivity index (χ2v) is 10.8. The minimum atomic E-state index is -0.966. The summed E-state index contributed by atoms with van der Waals surface area (Å²) in [5.41, 5.74) is 3.53. The summed E-state index contributed by atoms with van der Waals surface area (Å²) in [6.45, 7) is 5.07. The van der Waals surface area contributed by atoms with Gasteiger partial charge in [-0.3, -0.25) is 9.69 Å². The summed E-state index contributed by atoms with van der Waals surface area (Å²) in [5, 5.41) is 9.22. The molecule has 0 radical (unpaired) electrons. The number of halogens is 1. The van der Waals surface area contributed by atoms with Crippen molar-refractivity contribution in [2.75, 3.05) is 39.8 Å². The van der Waals surface area contributed by atoms with Gasteiger partial charge in [-0.05, 0) is 61.7 Å². The molecule has 1 unspecified atom stereocenters. The van der Waals surface area contributed by atoms with Crippen molar-refractivity contribution in [1.82, 2.24) is 14.8 Å². The van der Waals surface area contributed by atoms with Crippen molar-refractivity contribution in [3.05, 3.63) is 94.9 Å². The Labute approximate surface area is 250 Å². The Balaban J connectivity index is 1.23. The fraction of sp³-hybridized carbons (Fsp3) is 0.333. The van der Waals surface area contributed by atoms with Gasteiger partial charge in [-0.25, -0.2) is 19.2 Å². The number of hydrogen-bond donors (Lipinski definition) is 1. The predicted molar refractivity (Wildman–Crippen MR) is 161 cm³/mol. The molecule has 9 nitrogen and oxygen atoms in total. The second kappa shape index (κ2) is 13.7. The molecule has 2 aliphatic rings. The molecule has 1 atom stereocenters. The molecule has 10 heteroatoms. The first kappa shape index (κ1) is 30.1. The number of aromatic carboxylic acids is 1. The highest BCUT2D eigenvalue weighted by Crippen LogP contribution is 2.24. The SMILES string of the molecule is CC(=O)c1ccc(COc2cccc(C3=CCN(C/C(=N/c4ccc(C(=O)O)cc4)N(C)CC4CCO4)CC3)n2)c(F)c1. The van der Waals surface area contributed by atoms with E-state index >= 15 is 0 Å². The van der Waals surface area contributed by atoms with Gasteiger partial charge in [0, 0.05) is 50.5 Å². The number of pyridine rings is 1. The molecule has 5 rings (SSSR count). The number of carboxylic acids is 1. The standard InChI is InChI=1S/C33H35FN4O5/c1-22(39)25-6-7-26(29(34)18-25)21-43-32-5-3-4-30(36-32)23-12-15-38(16-13-23)20-31(37(2)19-28-14-17-42-28)35-27-10-8-24(9-11-27)33(40)41/h3-12,18,28H,13-17,19-21H2,1-2H3,(H,40,41)/b35-31-. The molecule has 0 amide bonds. The van der Waals surface area contributed by atoms with Crippen LogP contribution in [0.2, 0.25) is 0 Å². The lowest BCUT2D eigenvalue weighted by Gasteiger charge is -2.34. The summed E-state index contributed by atoms with van der Waals surface area (Å²) in [6, 6.07) is 16.5. The quantitative estimate of drug-likeness (QED) is 0.185. The summed E-state index contributed by atoms with van der Waals surface area (Å²) < 4.78 is 25.8. The number of Topliss-reactive ketones (excluding diaryl/α,β-unsaturated/α-hetero) is 1. The van der Waals surface area contributed by atoms with Crippen molar-refractivity contribution in [3.8, 4) is 5.88 Å². The summed E-state index contributed by atoms with van der Waals surface area (Å²) in [7, 11) is 2.01. The highest BCUT2D eigenvalue weighted by Gasteiger charge is 2.23. The molecule has 0 spiro atoms. The Morgan fingerprint density at radius 3 is 2.56 bits per heavy atom. The van der Waals surface area contributed by atoms with E-state index in [1.54, 1.807) is 42.5 Å². The molecule has 2 aromatic carbocycles. The Bertz CT molecular complexity index is 1530. The van der Waals surface area contributed by atoms with E-state index in [0.29, 0.717) is 35.8 Å². The fourth-order valence-electron chi connectivity index (χ4n) is 4.90. The predicted octanol–water partition coefficient (Wildman–Crippen LogP) is 5.24. The van der Waals surface area contributed by atoms with Gasteiger partial charge < -0.3 is 19.5 Å². The molecule has 3 aromatic rings. The summed E-state index contributed by atoms with van der Waals surface area (Å²) in [5.74, 6) is -0.352. The number of nitrogens with zero attached hydrogens (tertiary/aromatic N) is 4. The van der Waals surface area contributed by atoms with E-state index in [-0.39, 0.29) is 24.1 Å². The topological polar surface area (TPSA) is 105 Å². The maximum Gasteiger partial charge on any atom is 0.335 e. The maximum absolute atomic E-state index is 14.4.